The minimum atomic E-state index is -5.25. The fourth-order valence-electron chi connectivity index (χ4n) is 4.98. The average molecular weight is 694 g/mol. The molecule has 0 saturated heterocycles. The predicted octanol–water partition coefficient (Wildman–Crippen LogP) is 0.813. The maximum Gasteiger partial charge on any atom is 1.00 e. The number of rotatable bonds is 32. The van der Waals surface area contributed by atoms with Crippen LogP contribution in [0.5, 0.6) is 0 Å². The number of phosphoric ester groups is 1. The molecule has 1 amide bonds. The van der Waals surface area contributed by atoms with Gasteiger partial charge in [-0.05, 0) is 19.3 Å². The average Bonchev–Trinajstić information content (AvgIpc) is 2.96. The number of esters is 2. The Labute approximate surface area is 324 Å². The molecule has 46 heavy (non-hydrogen) atoms. The molecule has 13 heteroatoms. The van der Waals surface area contributed by atoms with Crippen molar-refractivity contribution in [3.8, 4) is 0 Å². The number of amides is 1. The van der Waals surface area contributed by atoms with Crippen LogP contribution in [0.25, 0.3) is 0 Å². The number of hydrogen-bond donors (Lipinski definition) is 1. The molecule has 0 spiro atoms. The monoisotopic (exact) mass is 693 g/mol. The second-order valence-electron chi connectivity index (χ2n) is 11.9. The number of nitrogens with one attached hydrogen (secondary N) is 1. The second-order valence-corrected chi connectivity index (χ2v) is 13.1. The van der Waals surface area contributed by atoms with E-state index in [0.29, 0.717) is 12.8 Å². The van der Waals surface area contributed by atoms with E-state index in [9.17, 15) is 28.7 Å². The Bertz CT molecular complexity index is 771. The summed E-state index contributed by atoms with van der Waals surface area (Å²) in [5.74, 6) is -0.984. The van der Waals surface area contributed by atoms with Crippen molar-refractivity contribution in [2.24, 2.45) is 0 Å². The van der Waals surface area contributed by atoms with Crippen LogP contribution in [0.3, 0.4) is 0 Å². The first kappa shape index (κ1) is 50.9. The quantitative estimate of drug-likeness (QED) is 0.0467. The minimum Gasteiger partial charge on any atom is -0.790 e. The van der Waals surface area contributed by atoms with E-state index in [1.165, 1.54) is 64.7 Å². The van der Waals surface area contributed by atoms with Crippen molar-refractivity contribution >= 4 is 25.7 Å². The van der Waals surface area contributed by atoms with Gasteiger partial charge >= 0.3 is 71.1 Å². The van der Waals surface area contributed by atoms with Crippen molar-refractivity contribution in [1.29, 1.82) is 0 Å². The number of carbonyl (C=O) groups is 3. The van der Waals surface area contributed by atoms with Crippen molar-refractivity contribution < 1.29 is 102 Å². The molecule has 0 unspecified atom stereocenters. The molecule has 0 aromatic rings. The van der Waals surface area contributed by atoms with Crippen LogP contribution in [-0.4, -0.2) is 43.7 Å². The molecule has 0 aliphatic rings. The number of ether oxygens (including phenoxy) is 2. The Balaban J connectivity index is -0.00000924. The van der Waals surface area contributed by atoms with Crippen LogP contribution < -0.4 is 74.2 Å². The van der Waals surface area contributed by atoms with Crippen LogP contribution in [0.2, 0.25) is 0 Å². The summed E-state index contributed by atoms with van der Waals surface area (Å²) in [4.78, 5) is 57.0. The molecular weight excluding hydrogens is 631 g/mol. The number of carbonyl (C=O) groups excluding carboxylic acids is 3. The summed E-state index contributed by atoms with van der Waals surface area (Å²) in [6.45, 7) is 3.46. The van der Waals surface area contributed by atoms with Gasteiger partial charge in [0.2, 0.25) is 5.91 Å². The first-order valence-corrected chi connectivity index (χ1v) is 18.9. The Hall–Kier alpha value is 0.520. The molecule has 0 aromatic heterocycles. The van der Waals surface area contributed by atoms with Gasteiger partial charge in [0.25, 0.3) is 0 Å². The molecule has 0 aliphatic carbocycles. The van der Waals surface area contributed by atoms with Gasteiger partial charge in [0.15, 0.2) is 6.10 Å². The molecule has 0 rings (SSSR count). The molecule has 1 N–H and O–H groups in total. The molecule has 0 aromatic carbocycles. The third-order valence-corrected chi connectivity index (χ3v) is 8.03. The summed E-state index contributed by atoms with van der Waals surface area (Å²) in [5.41, 5.74) is 0. The van der Waals surface area contributed by atoms with E-state index in [1.54, 1.807) is 0 Å². The zero-order chi connectivity index (χ0) is 32.7. The third kappa shape index (κ3) is 40.7. The van der Waals surface area contributed by atoms with E-state index in [-0.39, 0.29) is 84.5 Å². The van der Waals surface area contributed by atoms with E-state index in [0.717, 1.165) is 77.2 Å². The molecule has 1 atom stereocenters. The maximum absolute atomic E-state index is 12.3. The molecular formula is C33H62NNa2O9P. The van der Waals surface area contributed by atoms with Crippen molar-refractivity contribution in [1.82, 2.24) is 5.32 Å². The van der Waals surface area contributed by atoms with E-state index >= 15 is 0 Å². The molecule has 0 fully saturated rings. The zero-order valence-corrected chi connectivity index (χ0v) is 34.7. The predicted molar refractivity (Wildman–Crippen MR) is 170 cm³/mol. The third-order valence-electron chi connectivity index (χ3n) is 7.56. The molecule has 260 valence electrons. The van der Waals surface area contributed by atoms with Gasteiger partial charge in [0.1, 0.15) is 6.61 Å². The molecule has 0 aliphatic heterocycles. The Kier molecular flexibility index (Phi) is 40.7. The maximum atomic E-state index is 12.3. The van der Waals surface area contributed by atoms with E-state index in [1.807, 2.05) is 0 Å². The molecule has 0 heterocycles. The van der Waals surface area contributed by atoms with Gasteiger partial charge < -0.3 is 33.7 Å². The second kappa shape index (κ2) is 36.8. The van der Waals surface area contributed by atoms with Gasteiger partial charge in [-0.15, -0.1) is 0 Å². The Morgan fingerprint density at radius 2 is 1.00 bits per heavy atom. The Morgan fingerprint density at radius 1 is 0.609 bits per heavy atom. The van der Waals surface area contributed by atoms with Gasteiger partial charge in [-0.3, -0.25) is 14.4 Å². The van der Waals surface area contributed by atoms with Gasteiger partial charge in [0, 0.05) is 26.3 Å². The van der Waals surface area contributed by atoms with Crippen LogP contribution in [0.15, 0.2) is 0 Å². The van der Waals surface area contributed by atoms with Crippen LogP contribution in [0.4, 0.5) is 0 Å². The number of hydrogen-bond acceptors (Lipinski definition) is 9. The van der Waals surface area contributed by atoms with E-state index in [2.05, 4.69) is 16.8 Å². The van der Waals surface area contributed by atoms with Crippen molar-refractivity contribution in [2.75, 3.05) is 19.8 Å². The van der Waals surface area contributed by atoms with Crippen molar-refractivity contribution in [2.45, 2.75) is 174 Å². The van der Waals surface area contributed by atoms with Crippen LogP contribution in [0.1, 0.15) is 168 Å². The number of phosphoric acid groups is 1. The molecule has 0 bridgehead atoms. The van der Waals surface area contributed by atoms with Crippen LogP contribution >= 0.6 is 7.82 Å². The number of unbranched alkanes of at least 4 members (excludes halogenated alkanes) is 20. The molecule has 10 nitrogen and oxygen atoms in total. The SMILES string of the molecule is CCCCCCCCCCCCCCCC(=O)O[C@H](COC(=O)CCCCCCCCCCCNC(C)=O)COP(=O)([O-])[O-].[Na+].[Na+]. The van der Waals surface area contributed by atoms with Crippen molar-refractivity contribution in [3.63, 3.8) is 0 Å². The molecule has 0 radical (unpaired) electrons. The first-order chi connectivity index (χ1) is 21.1. The van der Waals surface area contributed by atoms with Crippen molar-refractivity contribution in [3.05, 3.63) is 0 Å². The Morgan fingerprint density at radius 3 is 1.41 bits per heavy atom. The van der Waals surface area contributed by atoms with Gasteiger partial charge in [-0.25, -0.2) is 0 Å². The fraction of sp³-hybridized carbons (Fsp3) is 0.909. The van der Waals surface area contributed by atoms with Gasteiger partial charge in [-0.1, -0.05) is 129 Å². The molecule has 0 saturated carbocycles. The van der Waals surface area contributed by atoms with E-state index in [4.69, 9.17) is 9.47 Å². The fourth-order valence-corrected chi connectivity index (χ4v) is 5.33. The zero-order valence-electron chi connectivity index (χ0n) is 29.8. The summed E-state index contributed by atoms with van der Waals surface area (Å²) in [6, 6.07) is 0. The minimum absolute atomic E-state index is 0. The summed E-state index contributed by atoms with van der Waals surface area (Å²) in [5, 5.41) is 2.80. The summed E-state index contributed by atoms with van der Waals surface area (Å²) < 4.78 is 25.6. The smallest absolute Gasteiger partial charge is 0.790 e. The normalized spacial score (nSPS) is 11.7. The van der Waals surface area contributed by atoms with Gasteiger partial charge in [-0.2, -0.15) is 0 Å². The van der Waals surface area contributed by atoms with Gasteiger partial charge in [0.05, 0.1) is 14.4 Å². The van der Waals surface area contributed by atoms with Crippen LogP contribution in [0, 0.1) is 0 Å². The topological polar surface area (TPSA) is 154 Å². The summed E-state index contributed by atoms with van der Waals surface area (Å²) in [6.07, 6.45) is 23.9. The van der Waals surface area contributed by atoms with Crippen LogP contribution in [-0.2, 0) is 32.9 Å². The van der Waals surface area contributed by atoms with E-state index < -0.39 is 32.5 Å². The first-order valence-electron chi connectivity index (χ1n) is 17.4. The standard InChI is InChI=1S/C33H64NO9P.2Na/c1-3-4-5-6-7-8-9-10-11-13-17-20-23-26-33(37)43-31(29-42-44(38,39)40)28-41-32(36)25-22-19-16-14-12-15-18-21-24-27-34-30(2)35;;/h31H,3-29H2,1-2H3,(H,34,35)(H2,38,39,40);;/q;2*+1/p-2/t31-;;/m1../s1. The summed E-state index contributed by atoms with van der Waals surface area (Å²) >= 11 is 0. The summed E-state index contributed by atoms with van der Waals surface area (Å²) in [7, 11) is -5.25. The largest absolute Gasteiger partial charge is 1.00 e.